The quantitative estimate of drug-likeness (QED) is 0.762. The number of anilines is 1. The molecular formula is C22H26N4O4S. The summed E-state index contributed by atoms with van der Waals surface area (Å²) in [6.45, 7) is 2.72. The van der Waals surface area contributed by atoms with Gasteiger partial charge in [-0.2, -0.15) is 4.31 Å². The summed E-state index contributed by atoms with van der Waals surface area (Å²) in [6.07, 6.45) is 4.69. The molecule has 0 radical (unpaired) electrons. The van der Waals surface area contributed by atoms with E-state index < -0.39 is 16.1 Å². The van der Waals surface area contributed by atoms with Gasteiger partial charge in [-0.3, -0.25) is 19.5 Å². The van der Waals surface area contributed by atoms with Crippen LogP contribution in [0.2, 0.25) is 0 Å². The van der Waals surface area contributed by atoms with Crippen LogP contribution in [0.25, 0.3) is 0 Å². The molecule has 4 rings (SSSR count). The Morgan fingerprint density at radius 1 is 1.13 bits per heavy atom. The molecular weight excluding hydrogens is 416 g/mol. The van der Waals surface area contributed by atoms with Crippen molar-refractivity contribution in [2.24, 2.45) is 0 Å². The highest BCUT2D eigenvalue weighted by atomic mass is 32.2. The van der Waals surface area contributed by atoms with Gasteiger partial charge in [0.05, 0.1) is 17.1 Å². The number of rotatable bonds is 5. The molecule has 9 heteroatoms. The summed E-state index contributed by atoms with van der Waals surface area (Å²) in [7, 11) is -3.58. The topological polar surface area (TPSA) is 99.7 Å². The molecule has 0 saturated carbocycles. The second kappa shape index (κ2) is 8.76. The third kappa shape index (κ3) is 4.33. The number of piperidine rings is 1. The number of fused-ring (bicyclic) bond motifs is 1. The van der Waals surface area contributed by atoms with E-state index in [1.807, 2.05) is 12.1 Å². The average Bonchev–Trinajstić information content (AvgIpc) is 3.18. The van der Waals surface area contributed by atoms with E-state index in [4.69, 9.17) is 0 Å². The van der Waals surface area contributed by atoms with E-state index in [0.29, 0.717) is 24.3 Å². The highest BCUT2D eigenvalue weighted by Crippen LogP contribution is 2.35. The Balaban J connectivity index is 1.55. The van der Waals surface area contributed by atoms with Crippen molar-refractivity contribution in [3.8, 4) is 0 Å². The SMILES string of the molecule is CC(=O)N1c2ccc(S(=O)(=O)N3CCCCC3)cc2C[C@@H]1C(=O)NCc1ccccn1. The number of amides is 2. The lowest BCUT2D eigenvalue weighted by molar-refractivity contribution is -0.125. The summed E-state index contributed by atoms with van der Waals surface area (Å²) in [6, 6.07) is 9.51. The monoisotopic (exact) mass is 442 g/mol. The Morgan fingerprint density at radius 2 is 1.90 bits per heavy atom. The normalized spacial score (nSPS) is 19.1. The molecule has 0 spiro atoms. The van der Waals surface area contributed by atoms with Gasteiger partial charge in [-0.25, -0.2) is 8.42 Å². The Labute approximate surface area is 182 Å². The second-order valence-corrected chi connectivity index (χ2v) is 9.84. The van der Waals surface area contributed by atoms with Crippen LogP contribution in [0.1, 0.15) is 37.4 Å². The van der Waals surface area contributed by atoms with Crippen LogP contribution in [0.5, 0.6) is 0 Å². The van der Waals surface area contributed by atoms with Crippen molar-refractivity contribution < 1.29 is 18.0 Å². The number of carbonyl (C=O) groups is 2. The minimum atomic E-state index is -3.58. The minimum Gasteiger partial charge on any atom is -0.349 e. The Kier molecular flexibility index (Phi) is 6.06. The molecule has 3 heterocycles. The number of benzene rings is 1. The van der Waals surface area contributed by atoms with Gasteiger partial charge in [0.2, 0.25) is 21.8 Å². The van der Waals surface area contributed by atoms with Crippen molar-refractivity contribution in [2.45, 2.75) is 50.1 Å². The van der Waals surface area contributed by atoms with Crippen LogP contribution in [0.3, 0.4) is 0 Å². The van der Waals surface area contributed by atoms with Crippen molar-refractivity contribution in [3.63, 3.8) is 0 Å². The molecule has 2 amide bonds. The zero-order valence-corrected chi connectivity index (χ0v) is 18.3. The van der Waals surface area contributed by atoms with Gasteiger partial charge in [-0.15, -0.1) is 0 Å². The molecule has 31 heavy (non-hydrogen) atoms. The van der Waals surface area contributed by atoms with Gasteiger partial charge in [0.1, 0.15) is 6.04 Å². The molecule has 1 saturated heterocycles. The van der Waals surface area contributed by atoms with Crippen molar-refractivity contribution in [3.05, 3.63) is 53.9 Å². The molecule has 1 N–H and O–H groups in total. The van der Waals surface area contributed by atoms with Crippen LogP contribution in [-0.4, -0.2) is 48.7 Å². The minimum absolute atomic E-state index is 0.214. The van der Waals surface area contributed by atoms with Crippen molar-refractivity contribution in [1.29, 1.82) is 0 Å². The van der Waals surface area contributed by atoms with E-state index in [1.54, 1.807) is 24.4 Å². The lowest BCUT2D eigenvalue weighted by Crippen LogP contribution is -2.47. The van der Waals surface area contributed by atoms with Gasteiger partial charge in [-0.1, -0.05) is 12.5 Å². The molecule has 2 aromatic rings. The van der Waals surface area contributed by atoms with Gasteiger partial charge >= 0.3 is 0 Å². The molecule has 1 fully saturated rings. The predicted octanol–water partition coefficient (Wildman–Crippen LogP) is 1.85. The third-order valence-electron chi connectivity index (χ3n) is 5.80. The van der Waals surface area contributed by atoms with Crippen molar-refractivity contribution in [2.75, 3.05) is 18.0 Å². The maximum atomic E-state index is 13.0. The highest BCUT2D eigenvalue weighted by Gasteiger charge is 2.38. The van der Waals surface area contributed by atoms with Crippen LogP contribution in [0.4, 0.5) is 5.69 Å². The average molecular weight is 443 g/mol. The zero-order chi connectivity index (χ0) is 22.0. The van der Waals surface area contributed by atoms with Crippen LogP contribution in [0.15, 0.2) is 47.5 Å². The fourth-order valence-corrected chi connectivity index (χ4v) is 5.81. The molecule has 1 atom stereocenters. The van der Waals surface area contributed by atoms with Gasteiger partial charge in [0.15, 0.2) is 0 Å². The highest BCUT2D eigenvalue weighted by molar-refractivity contribution is 7.89. The molecule has 0 unspecified atom stereocenters. The van der Waals surface area contributed by atoms with Crippen LogP contribution in [-0.2, 0) is 32.6 Å². The fraction of sp³-hybridized carbons (Fsp3) is 0.409. The van der Waals surface area contributed by atoms with E-state index in [-0.39, 0.29) is 29.7 Å². The van der Waals surface area contributed by atoms with Gasteiger partial charge in [-0.05, 0) is 48.7 Å². The molecule has 8 nitrogen and oxygen atoms in total. The van der Waals surface area contributed by atoms with E-state index in [2.05, 4.69) is 10.3 Å². The lowest BCUT2D eigenvalue weighted by Gasteiger charge is -2.26. The molecule has 0 aliphatic carbocycles. The molecule has 2 aliphatic heterocycles. The van der Waals surface area contributed by atoms with Crippen LogP contribution >= 0.6 is 0 Å². The first-order valence-corrected chi connectivity index (χ1v) is 11.9. The van der Waals surface area contributed by atoms with Gasteiger partial charge in [0.25, 0.3) is 0 Å². The number of nitrogens with one attached hydrogen (secondary N) is 1. The Hall–Kier alpha value is -2.78. The van der Waals surface area contributed by atoms with Crippen molar-refractivity contribution in [1.82, 2.24) is 14.6 Å². The molecule has 164 valence electrons. The second-order valence-electron chi connectivity index (χ2n) is 7.90. The first kappa shape index (κ1) is 21.5. The number of hydrogen-bond donors (Lipinski definition) is 1. The summed E-state index contributed by atoms with van der Waals surface area (Å²) >= 11 is 0. The van der Waals surface area contributed by atoms with Gasteiger partial charge in [0, 0.05) is 38.3 Å². The van der Waals surface area contributed by atoms with E-state index in [9.17, 15) is 18.0 Å². The van der Waals surface area contributed by atoms with Crippen LogP contribution in [0, 0.1) is 0 Å². The summed E-state index contributed by atoms with van der Waals surface area (Å²) < 4.78 is 27.6. The smallest absolute Gasteiger partial charge is 0.243 e. The number of pyridine rings is 1. The first-order valence-electron chi connectivity index (χ1n) is 10.5. The third-order valence-corrected chi connectivity index (χ3v) is 7.69. The molecule has 0 bridgehead atoms. The van der Waals surface area contributed by atoms with E-state index in [0.717, 1.165) is 25.0 Å². The standard InChI is InChI=1S/C22H26N4O4S/c1-16(27)26-20-9-8-19(31(29,30)25-11-5-2-6-12-25)13-17(20)14-21(26)22(28)24-15-18-7-3-4-10-23-18/h3-4,7-10,13,21H,2,5-6,11-12,14-15H2,1H3,(H,24,28)/t21-/m1/s1. The number of sulfonamides is 1. The number of aromatic nitrogens is 1. The largest absolute Gasteiger partial charge is 0.349 e. The first-order chi connectivity index (χ1) is 14.9. The lowest BCUT2D eigenvalue weighted by atomic mass is 10.1. The van der Waals surface area contributed by atoms with Crippen LogP contribution < -0.4 is 10.2 Å². The molecule has 1 aromatic carbocycles. The Bertz CT molecular complexity index is 1080. The molecule has 1 aromatic heterocycles. The molecule has 2 aliphatic rings. The maximum absolute atomic E-state index is 13.0. The summed E-state index contributed by atoms with van der Waals surface area (Å²) in [4.78, 5) is 31.1. The van der Waals surface area contributed by atoms with E-state index in [1.165, 1.54) is 22.2 Å². The van der Waals surface area contributed by atoms with E-state index >= 15 is 0 Å². The fourth-order valence-electron chi connectivity index (χ4n) is 4.24. The summed E-state index contributed by atoms with van der Waals surface area (Å²) in [5, 5.41) is 2.84. The van der Waals surface area contributed by atoms with Crippen molar-refractivity contribution >= 4 is 27.5 Å². The predicted molar refractivity (Wildman–Crippen MR) is 116 cm³/mol. The summed E-state index contributed by atoms with van der Waals surface area (Å²) in [5.74, 6) is -0.555. The Morgan fingerprint density at radius 3 is 2.58 bits per heavy atom. The maximum Gasteiger partial charge on any atom is 0.243 e. The summed E-state index contributed by atoms with van der Waals surface area (Å²) in [5.41, 5.74) is 1.99. The number of hydrogen-bond acceptors (Lipinski definition) is 5. The zero-order valence-electron chi connectivity index (χ0n) is 17.5. The number of nitrogens with zero attached hydrogens (tertiary/aromatic N) is 3. The van der Waals surface area contributed by atoms with Gasteiger partial charge < -0.3 is 5.32 Å². The number of carbonyl (C=O) groups excluding carboxylic acids is 2.